The van der Waals surface area contributed by atoms with Gasteiger partial charge in [0, 0.05) is 57.6 Å². The molecule has 174 valence electrons. The molecule has 0 aliphatic carbocycles. The van der Waals surface area contributed by atoms with Gasteiger partial charge in [0.15, 0.2) is 0 Å². The van der Waals surface area contributed by atoms with Crippen LogP contribution in [0.1, 0.15) is 10.5 Å². The summed E-state index contributed by atoms with van der Waals surface area (Å²) in [6.45, 7) is 5.36. The minimum absolute atomic E-state index is 0.138. The lowest BCUT2D eigenvalue weighted by Gasteiger charge is -2.36. The first-order valence-corrected chi connectivity index (χ1v) is 11.2. The van der Waals surface area contributed by atoms with Gasteiger partial charge >= 0.3 is 0 Å². The molecule has 1 N–H and O–H groups in total. The molecule has 1 fully saturated rings. The van der Waals surface area contributed by atoms with Crippen molar-refractivity contribution in [3.05, 3.63) is 60.3 Å². The van der Waals surface area contributed by atoms with Crippen LogP contribution in [0.3, 0.4) is 0 Å². The Bertz CT molecular complexity index is 1070. The minimum atomic E-state index is -0.138. The Labute approximate surface area is 194 Å². The first-order chi connectivity index (χ1) is 16.1. The van der Waals surface area contributed by atoms with Gasteiger partial charge in [0.05, 0.1) is 19.9 Å². The number of amides is 1. The Hall–Kier alpha value is -3.52. The van der Waals surface area contributed by atoms with E-state index in [1.807, 2.05) is 24.3 Å². The Morgan fingerprint density at radius 2 is 1.76 bits per heavy atom. The van der Waals surface area contributed by atoms with Crippen LogP contribution in [0.4, 0.5) is 5.69 Å². The van der Waals surface area contributed by atoms with Crippen LogP contribution in [-0.4, -0.2) is 74.1 Å². The van der Waals surface area contributed by atoms with Crippen molar-refractivity contribution in [2.75, 3.05) is 58.4 Å². The third-order valence-corrected chi connectivity index (χ3v) is 6.00. The van der Waals surface area contributed by atoms with Crippen molar-refractivity contribution in [1.29, 1.82) is 0 Å². The summed E-state index contributed by atoms with van der Waals surface area (Å²) in [7, 11) is 5.00. The highest BCUT2D eigenvalue weighted by Gasteiger charge is 2.19. The number of para-hydroxylation sites is 1. The molecular weight excluding hydrogens is 418 g/mol. The Balaban J connectivity index is 1.32. The predicted molar refractivity (Wildman–Crippen MR) is 129 cm³/mol. The van der Waals surface area contributed by atoms with Crippen molar-refractivity contribution in [3.63, 3.8) is 0 Å². The molecule has 8 heteroatoms. The zero-order chi connectivity index (χ0) is 23.2. The van der Waals surface area contributed by atoms with Crippen LogP contribution in [0.5, 0.6) is 11.5 Å². The molecule has 1 amide bonds. The van der Waals surface area contributed by atoms with Gasteiger partial charge in [0.2, 0.25) is 0 Å². The number of nitrogens with one attached hydrogen (secondary N) is 1. The zero-order valence-corrected chi connectivity index (χ0v) is 19.5. The smallest absolute Gasteiger partial charge is 0.269 e. The maximum absolute atomic E-state index is 12.8. The Morgan fingerprint density at radius 1 is 1.00 bits per heavy atom. The van der Waals surface area contributed by atoms with Crippen LogP contribution in [0, 0.1) is 0 Å². The Morgan fingerprint density at radius 3 is 2.45 bits per heavy atom. The number of piperazine rings is 1. The van der Waals surface area contributed by atoms with E-state index >= 15 is 0 Å². The van der Waals surface area contributed by atoms with Gasteiger partial charge < -0.3 is 19.7 Å². The lowest BCUT2D eigenvalue weighted by atomic mass is 10.1. The van der Waals surface area contributed by atoms with Crippen molar-refractivity contribution in [1.82, 2.24) is 20.0 Å². The second kappa shape index (κ2) is 10.4. The van der Waals surface area contributed by atoms with Gasteiger partial charge in [-0.2, -0.15) is 5.10 Å². The molecule has 0 radical (unpaired) electrons. The fourth-order valence-corrected chi connectivity index (χ4v) is 4.11. The summed E-state index contributed by atoms with van der Waals surface area (Å²) in [5.74, 6) is 1.24. The average molecular weight is 450 g/mol. The lowest BCUT2D eigenvalue weighted by Crippen LogP contribution is -2.48. The maximum Gasteiger partial charge on any atom is 0.269 e. The van der Waals surface area contributed by atoms with Crippen LogP contribution in [0.25, 0.3) is 11.3 Å². The number of rotatable bonds is 8. The highest BCUT2D eigenvalue weighted by molar-refractivity contribution is 5.94. The van der Waals surface area contributed by atoms with Gasteiger partial charge in [-0.25, -0.2) is 0 Å². The Kier molecular flexibility index (Phi) is 7.14. The second-order valence-corrected chi connectivity index (χ2v) is 8.02. The van der Waals surface area contributed by atoms with E-state index in [9.17, 15) is 4.79 Å². The molecule has 33 heavy (non-hydrogen) atoms. The number of aryl methyl sites for hydroxylation is 1. The number of hydrogen-bond donors (Lipinski definition) is 1. The molecule has 0 unspecified atom stereocenters. The first kappa shape index (κ1) is 22.7. The third kappa shape index (κ3) is 5.28. The van der Waals surface area contributed by atoms with Gasteiger partial charge in [-0.05, 0) is 36.4 Å². The van der Waals surface area contributed by atoms with Gasteiger partial charge in [-0.15, -0.1) is 0 Å². The van der Waals surface area contributed by atoms with E-state index in [-0.39, 0.29) is 5.91 Å². The molecule has 2 aromatic carbocycles. The van der Waals surface area contributed by atoms with E-state index in [1.54, 1.807) is 32.0 Å². The van der Waals surface area contributed by atoms with Crippen LogP contribution in [-0.2, 0) is 7.05 Å². The summed E-state index contributed by atoms with van der Waals surface area (Å²) < 4.78 is 12.4. The lowest BCUT2D eigenvalue weighted by molar-refractivity contribution is 0.0938. The van der Waals surface area contributed by atoms with E-state index in [0.29, 0.717) is 29.4 Å². The first-order valence-electron chi connectivity index (χ1n) is 11.2. The van der Waals surface area contributed by atoms with Crippen LogP contribution < -0.4 is 19.7 Å². The van der Waals surface area contributed by atoms with Crippen LogP contribution in [0.2, 0.25) is 0 Å². The minimum Gasteiger partial charge on any atom is -0.497 e. The molecule has 8 nitrogen and oxygen atoms in total. The van der Waals surface area contributed by atoms with Gasteiger partial charge in [0.25, 0.3) is 5.91 Å². The van der Waals surface area contributed by atoms with Crippen LogP contribution in [0.15, 0.2) is 54.6 Å². The summed E-state index contributed by atoms with van der Waals surface area (Å²) in [5.41, 5.74) is 3.21. The maximum atomic E-state index is 12.8. The number of carbonyl (C=O) groups excluding carboxylic acids is 1. The van der Waals surface area contributed by atoms with E-state index in [0.717, 1.165) is 38.3 Å². The number of hydrogen-bond acceptors (Lipinski definition) is 6. The summed E-state index contributed by atoms with van der Waals surface area (Å²) in [4.78, 5) is 17.6. The number of methoxy groups -OCH3 is 2. The molecule has 1 aliphatic heterocycles. The number of anilines is 1. The topological polar surface area (TPSA) is 71.9 Å². The molecule has 0 spiro atoms. The van der Waals surface area contributed by atoms with Crippen molar-refractivity contribution in [2.24, 2.45) is 7.05 Å². The molecule has 1 aliphatic rings. The number of carbonyl (C=O) groups is 1. The molecule has 2 heterocycles. The summed E-state index contributed by atoms with van der Waals surface area (Å²) >= 11 is 0. The SMILES string of the molecule is COc1ccc(OC)c(-c2cc(C(=O)NCCN3CCN(c4ccccc4)CC3)n(C)n2)c1. The summed E-state index contributed by atoms with van der Waals surface area (Å²) in [6, 6.07) is 17.8. The highest BCUT2D eigenvalue weighted by Crippen LogP contribution is 2.32. The van der Waals surface area contributed by atoms with Gasteiger partial charge in [-0.1, -0.05) is 18.2 Å². The average Bonchev–Trinajstić information content (AvgIpc) is 3.26. The highest BCUT2D eigenvalue weighted by atomic mass is 16.5. The van der Waals surface area contributed by atoms with Gasteiger partial charge in [0.1, 0.15) is 17.2 Å². The summed E-state index contributed by atoms with van der Waals surface area (Å²) in [6.07, 6.45) is 0. The van der Waals surface area contributed by atoms with Crippen molar-refractivity contribution < 1.29 is 14.3 Å². The molecular formula is C25H31N5O3. The number of nitrogens with zero attached hydrogens (tertiary/aromatic N) is 4. The molecule has 0 bridgehead atoms. The third-order valence-electron chi connectivity index (χ3n) is 6.00. The zero-order valence-electron chi connectivity index (χ0n) is 19.5. The molecule has 0 saturated carbocycles. The molecule has 3 aromatic rings. The standard InChI is InChI=1S/C25H31N5O3/c1-28-23(18-22(27-28)21-17-20(32-2)9-10-24(21)33-3)25(31)26-11-12-29-13-15-30(16-14-29)19-7-5-4-6-8-19/h4-10,17-18H,11-16H2,1-3H3,(H,26,31). The van der Waals surface area contributed by atoms with E-state index in [1.165, 1.54) is 5.69 Å². The number of ether oxygens (including phenoxy) is 2. The fourth-order valence-electron chi connectivity index (χ4n) is 4.11. The van der Waals surface area contributed by atoms with E-state index < -0.39 is 0 Å². The fraction of sp³-hybridized carbons (Fsp3) is 0.360. The van der Waals surface area contributed by atoms with E-state index in [4.69, 9.17) is 9.47 Å². The molecule has 4 rings (SSSR count). The van der Waals surface area contributed by atoms with Crippen molar-refractivity contribution in [2.45, 2.75) is 0 Å². The number of aromatic nitrogens is 2. The molecule has 1 aromatic heterocycles. The largest absolute Gasteiger partial charge is 0.497 e. The second-order valence-electron chi connectivity index (χ2n) is 8.02. The number of benzene rings is 2. The van der Waals surface area contributed by atoms with Crippen molar-refractivity contribution >= 4 is 11.6 Å². The summed E-state index contributed by atoms with van der Waals surface area (Å²) in [5, 5.41) is 7.56. The predicted octanol–water partition coefficient (Wildman–Crippen LogP) is 2.66. The van der Waals surface area contributed by atoms with Gasteiger partial charge in [-0.3, -0.25) is 14.4 Å². The molecule has 0 atom stereocenters. The van der Waals surface area contributed by atoms with E-state index in [2.05, 4.69) is 44.5 Å². The normalized spacial score (nSPS) is 14.2. The monoisotopic (exact) mass is 449 g/mol. The molecule has 1 saturated heterocycles. The van der Waals surface area contributed by atoms with Crippen molar-refractivity contribution in [3.8, 4) is 22.8 Å². The quantitative estimate of drug-likeness (QED) is 0.570. The van der Waals surface area contributed by atoms with Crippen LogP contribution >= 0.6 is 0 Å².